The topological polar surface area (TPSA) is 84.3 Å². The third-order valence-electron chi connectivity index (χ3n) is 4.01. The van der Waals surface area contributed by atoms with E-state index in [1.165, 1.54) is 55.9 Å². The first-order valence-corrected chi connectivity index (χ1v) is 8.66. The Labute approximate surface area is 146 Å². The van der Waals surface area contributed by atoms with Crippen LogP contribution in [0, 0.1) is 17.0 Å². The lowest BCUT2D eigenvalue weighted by Gasteiger charge is -2.16. The number of nitrogens with zero attached hydrogens (tertiary/aromatic N) is 1. The number of carbonyl (C=O) groups excluding carboxylic acids is 1. The van der Waals surface area contributed by atoms with Gasteiger partial charge in [0.25, 0.3) is 11.6 Å². The van der Waals surface area contributed by atoms with E-state index in [0.29, 0.717) is 22.3 Å². The van der Waals surface area contributed by atoms with E-state index in [4.69, 9.17) is 0 Å². The molecule has 1 aliphatic rings. The summed E-state index contributed by atoms with van der Waals surface area (Å²) in [6, 6.07) is 1.91. The Morgan fingerprint density at radius 1 is 1.30 bits per heavy atom. The number of hydrogen-bond acceptors (Lipinski definition) is 5. The van der Waals surface area contributed by atoms with Gasteiger partial charge in [-0.15, -0.1) is 23.7 Å². The Bertz CT molecular complexity index is 528. The molecule has 0 saturated heterocycles. The summed E-state index contributed by atoms with van der Waals surface area (Å²) in [7, 11) is 0. The van der Waals surface area contributed by atoms with Crippen LogP contribution in [-0.4, -0.2) is 30.0 Å². The Kier molecular flexibility index (Phi) is 8.51. The minimum Gasteiger partial charge on any atom is -0.350 e. The predicted molar refractivity (Wildman–Crippen MR) is 94.8 cm³/mol. The number of thiophene rings is 1. The molecule has 1 fully saturated rings. The second-order valence-corrected chi connectivity index (χ2v) is 6.96. The third kappa shape index (κ3) is 6.08. The van der Waals surface area contributed by atoms with Crippen molar-refractivity contribution in [3.63, 3.8) is 0 Å². The average Bonchev–Trinajstić information content (AvgIpc) is 2.71. The maximum Gasteiger partial charge on any atom is 0.283 e. The monoisotopic (exact) mass is 361 g/mol. The van der Waals surface area contributed by atoms with E-state index in [9.17, 15) is 14.9 Å². The van der Waals surface area contributed by atoms with Gasteiger partial charge in [0.05, 0.1) is 14.7 Å². The van der Waals surface area contributed by atoms with Gasteiger partial charge in [-0.2, -0.15) is 0 Å². The molecule has 1 heterocycles. The van der Waals surface area contributed by atoms with E-state index in [-0.39, 0.29) is 24.0 Å². The number of carbonyl (C=O) groups is 1. The van der Waals surface area contributed by atoms with Crippen LogP contribution in [0.3, 0.4) is 0 Å². The molecule has 1 aromatic heterocycles. The quantitative estimate of drug-likeness (QED) is 0.352. The molecular formula is C15H24ClN3O3S. The fourth-order valence-corrected chi connectivity index (χ4v) is 3.69. The lowest BCUT2D eigenvalue weighted by molar-refractivity contribution is -0.385. The van der Waals surface area contributed by atoms with Crippen molar-refractivity contribution in [2.75, 3.05) is 13.1 Å². The molecule has 8 heteroatoms. The summed E-state index contributed by atoms with van der Waals surface area (Å²) in [5, 5.41) is 17.1. The van der Waals surface area contributed by atoms with Crippen LogP contribution in [0.15, 0.2) is 6.07 Å². The molecule has 6 nitrogen and oxygen atoms in total. The van der Waals surface area contributed by atoms with Gasteiger partial charge in [0.1, 0.15) is 0 Å². The molecule has 23 heavy (non-hydrogen) atoms. The first kappa shape index (κ1) is 19.9. The Morgan fingerprint density at radius 2 is 1.96 bits per heavy atom. The van der Waals surface area contributed by atoms with Crippen LogP contribution in [0.1, 0.15) is 53.1 Å². The molecule has 1 aliphatic carbocycles. The molecule has 0 radical (unpaired) electrons. The van der Waals surface area contributed by atoms with Gasteiger partial charge < -0.3 is 10.6 Å². The van der Waals surface area contributed by atoms with Crippen LogP contribution < -0.4 is 10.6 Å². The van der Waals surface area contributed by atoms with Crippen molar-refractivity contribution in [1.29, 1.82) is 0 Å². The van der Waals surface area contributed by atoms with Crippen molar-refractivity contribution in [2.24, 2.45) is 0 Å². The van der Waals surface area contributed by atoms with E-state index >= 15 is 0 Å². The number of nitro groups is 1. The van der Waals surface area contributed by atoms with Crippen molar-refractivity contribution >= 4 is 35.3 Å². The Hall–Kier alpha value is -1.18. The molecule has 130 valence electrons. The van der Waals surface area contributed by atoms with Crippen molar-refractivity contribution in [3.05, 3.63) is 25.9 Å². The number of aryl methyl sites for hydroxylation is 1. The fourth-order valence-electron chi connectivity index (χ4n) is 2.79. The van der Waals surface area contributed by atoms with Crippen LogP contribution in [0.2, 0.25) is 0 Å². The molecule has 0 unspecified atom stereocenters. The highest BCUT2D eigenvalue weighted by Crippen LogP contribution is 2.27. The van der Waals surface area contributed by atoms with Crippen LogP contribution in [0.5, 0.6) is 0 Å². The van der Waals surface area contributed by atoms with Gasteiger partial charge in [0, 0.05) is 25.2 Å². The van der Waals surface area contributed by atoms with E-state index in [0.717, 1.165) is 6.54 Å². The summed E-state index contributed by atoms with van der Waals surface area (Å²) in [4.78, 5) is 23.3. The van der Waals surface area contributed by atoms with Crippen molar-refractivity contribution in [2.45, 2.75) is 51.5 Å². The second-order valence-electron chi connectivity index (χ2n) is 5.71. The van der Waals surface area contributed by atoms with Crippen molar-refractivity contribution in [3.8, 4) is 0 Å². The van der Waals surface area contributed by atoms with Gasteiger partial charge in [0.2, 0.25) is 0 Å². The molecule has 0 bridgehead atoms. The standard InChI is InChI=1S/C15H23N3O3S.ClH/c1-11-13(18(20)21)10-14(22-11)15(19)17-9-8-16-12-6-4-2-3-5-7-12;/h10,12,16H,2-9H2,1H3,(H,17,19);1H. The maximum absolute atomic E-state index is 12.0. The number of nitrogens with one attached hydrogen (secondary N) is 2. The largest absolute Gasteiger partial charge is 0.350 e. The minimum atomic E-state index is -0.448. The van der Waals surface area contributed by atoms with Gasteiger partial charge in [-0.3, -0.25) is 14.9 Å². The summed E-state index contributed by atoms with van der Waals surface area (Å²) in [6.45, 7) is 2.94. The molecule has 1 saturated carbocycles. The summed E-state index contributed by atoms with van der Waals surface area (Å²) in [5.74, 6) is -0.233. The van der Waals surface area contributed by atoms with E-state index in [1.807, 2.05) is 0 Å². The van der Waals surface area contributed by atoms with Gasteiger partial charge in [-0.1, -0.05) is 25.7 Å². The normalized spacial score (nSPS) is 15.5. The lowest BCUT2D eigenvalue weighted by Crippen LogP contribution is -2.36. The molecule has 0 atom stereocenters. The summed E-state index contributed by atoms with van der Waals surface area (Å²) in [6.07, 6.45) is 7.63. The molecule has 2 N–H and O–H groups in total. The summed E-state index contributed by atoms with van der Waals surface area (Å²) in [5.41, 5.74) is 0.0201. The number of amides is 1. The molecule has 0 aliphatic heterocycles. The van der Waals surface area contributed by atoms with Crippen molar-refractivity contribution in [1.82, 2.24) is 10.6 Å². The minimum absolute atomic E-state index is 0. The zero-order chi connectivity index (χ0) is 15.9. The molecular weight excluding hydrogens is 338 g/mol. The highest BCUT2D eigenvalue weighted by atomic mass is 35.5. The van der Waals surface area contributed by atoms with Gasteiger partial charge >= 0.3 is 0 Å². The first-order valence-electron chi connectivity index (χ1n) is 7.84. The molecule has 1 aromatic rings. The zero-order valence-electron chi connectivity index (χ0n) is 13.3. The van der Waals surface area contributed by atoms with Crippen LogP contribution in [0.4, 0.5) is 5.69 Å². The first-order chi connectivity index (χ1) is 10.6. The number of halogens is 1. The van der Waals surface area contributed by atoms with E-state index in [2.05, 4.69) is 10.6 Å². The SMILES string of the molecule is Cc1sc(C(=O)NCCNC2CCCCCC2)cc1[N+](=O)[O-].Cl. The Morgan fingerprint density at radius 3 is 2.52 bits per heavy atom. The highest BCUT2D eigenvalue weighted by Gasteiger charge is 2.19. The van der Waals surface area contributed by atoms with Crippen LogP contribution in [-0.2, 0) is 0 Å². The maximum atomic E-state index is 12.0. The van der Waals surface area contributed by atoms with E-state index < -0.39 is 4.92 Å². The van der Waals surface area contributed by atoms with Gasteiger partial charge in [-0.25, -0.2) is 0 Å². The average molecular weight is 362 g/mol. The van der Waals surface area contributed by atoms with Crippen LogP contribution in [0.25, 0.3) is 0 Å². The zero-order valence-corrected chi connectivity index (χ0v) is 14.9. The van der Waals surface area contributed by atoms with Crippen LogP contribution >= 0.6 is 23.7 Å². The Balaban J connectivity index is 0.00000264. The highest BCUT2D eigenvalue weighted by molar-refractivity contribution is 7.14. The van der Waals surface area contributed by atoms with E-state index in [1.54, 1.807) is 6.92 Å². The van der Waals surface area contributed by atoms with Crippen molar-refractivity contribution < 1.29 is 9.72 Å². The summed E-state index contributed by atoms with van der Waals surface area (Å²) >= 11 is 1.17. The molecule has 2 rings (SSSR count). The molecule has 1 amide bonds. The number of hydrogen-bond donors (Lipinski definition) is 2. The van der Waals surface area contributed by atoms with Gasteiger partial charge in [-0.05, 0) is 19.8 Å². The smallest absolute Gasteiger partial charge is 0.283 e. The van der Waals surface area contributed by atoms with Gasteiger partial charge in [0.15, 0.2) is 0 Å². The predicted octanol–water partition coefficient (Wildman–Crippen LogP) is 3.43. The molecule has 0 spiro atoms. The second kappa shape index (κ2) is 9.85. The summed E-state index contributed by atoms with van der Waals surface area (Å²) < 4.78 is 0. The molecule has 0 aromatic carbocycles. The lowest BCUT2D eigenvalue weighted by atomic mass is 10.1. The fraction of sp³-hybridized carbons (Fsp3) is 0.667. The number of rotatable bonds is 6. The third-order valence-corrected chi connectivity index (χ3v) is 5.05.